The number of nitrogens with one attached hydrogen (secondary N) is 1. The fraction of sp³-hybridized carbons (Fsp3) is 0.211. The standard InChI is InChI=1S/C19H19N3O2S2/c1-2-24-13-16-21-22-19(26-16)20-18(23)17(14-9-5-3-6-10-14)25-15-11-7-4-8-12-15/h3-12,17H,2,13H2,1H3,(H,20,22,23). The van der Waals surface area contributed by atoms with Crippen molar-refractivity contribution in [3.8, 4) is 0 Å². The topological polar surface area (TPSA) is 64.1 Å². The van der Waals surface area contributed by atoms with Gasteiger partial charge in [0.15, 0.2) is 0 Å². The molecule has 3 aromatic rings. The summed E-state index contributed by atoms with van der Waals surface area (Å²) >= 11 is 2.84. The molecule has 3 rings (SSSR count). The largest absolute Gasteiger partial charge is 0.374 e. The van der Waals surface area contributed by atoms with Crippen molar-refractivity contribution in [3.05, 3.63) is 71.2 Å². The van der Waals surface area contributed by atoms with E-state index < -0.39 is 0 Å². The van der Waals surface area contributed by atoms with Gasteiger partial charge in [-0.15, -0.1) is 22.0 Å². The molecule has 0 aliphatic rings. The number of anilines is 1. The average Bonchev–Trinajstić information content (AvgIpc) is 3.13. The predicted molar refractivity (Wildman–Crippen MR) is 105 cm³/mol. The van der Waals surface area contributed by atoms with E-state index in [1.165, 1.54) is 23.1 Å². The van der Waals surface area contributed by atoms with Crippen molar-refractivity contribution in [2.45, 2.75) is 23.7 Å². The van der Waals surface area contributed by atoms with Gasteiger partial charge < -0.3 is 4.74 Å². The van der Waals surface area contributed by atoms with E-state index in [4.69, 9.17) is 4.74 Å². The summed E-state index contributed by atoms with van der Waals surface area (Å²) in [4.78, 5) is 13.9. The van der Waals surface area contributed by atoms with Crippen molar-refractivity contribution >= 4 is 34.1 Å². The number of hydrogen-bond acceptors (Lipinski definition) is 6. The van der Waals surface area contributed by atoms with Crippen LogP contribution in [0.5, 0.6) is 0 Å². The molecule has 0 saturated heterocycles. The van der Waals surface area contributed by atoms with Crippen LogP contribution in [-0.4, -0.2) is 22.7 Å². The first-order valence-corrected chi connectivity index (χ1v) is 9.93. The summed E-state index contributed by atoms with van der Waals surface area (Å²) < 4.78 is 5.32. The Morgan fingerprint density at radius 2 is 1.81 bits per heavy atom. The molecule has 0 aliphatic heterocycles. The molecule has 1 unspecified atom stereocenters. The molecule has 1 aromatic heterocycles. The number of aromatic nitrogens is 2. The molecule has 1 atom stereocenters. The predicted octanol–water partition coefficient (Wildman–Crippen LogP) is 4.55. The highest BCUT2D eigenvalue weighted by atomic mass is 32.2. The highest BCUT2D eigenvalue weighted by Crippen LogP contribution is 2.36. The zero-order valence-corrected chi connectivity index (χ0v) is 15.9. The van der Waals surface area contributed by atoms with Gasteiger partial charge in [0.2, 0.25) is 11.0 Å². The number of ether oxygens (including phenoxy) is 1. The fourth-order valence-corrected chi connectivity index (χ4v) is 3.98. The van der Waals surface area contributed by atoms with Crippen LogP contribution < -0.4 is 5.32 Å². The minimum atomic E-state index is -0.377. The molecule has 5 nitrogen and oxygen atoms in total. The summed E-state index contributed by atoms with van der Waals surface area (Å²) in [7, 11) is 0. The van der Waals surface area contributed by atoms with Crippen LogP contribution in [0.15, 0.2) is 65.6 Å². The quantitative estimate of drug-likeness (QED) is 0.577. The Hall–Kier alpha value is -2.22. The molecule has 1 heterocycles. The number of carbonyl (C=O) groups is 1. The zero-order valence-electron chi connectivity index (χ0n) is 14.3. The van der Waals surface area contributed by atoms with Crippen molar-refractivity contribution in [1.82, 2.24) is 10.2 Å². The van der Waals surface area contributed by atoms with Gasteiger partial charge in [-0.1, -0.05) is 59.9 Å². The third kappa shape index (κ3) is 5.14. The number of rotatable bonds is 8. The molecule has 134 valence electrons. The molecule has 0 fully saturated rings. The highest BCUT2D eigenvalue weighted by Gasteiger charge is 2.23. The van der Waals surface area contributed by atoms with Crippen LogP contribution in [0.3, 0.4) is 0 Å². The Balaban J connectivity index is 1.75. The summed E-state index contributed by atoms with van der Waals surface area (Å²) in [6.07, 6.45) is 0. The molecule has 0 aliphatic carbocycles. The van der Waals surface area contributed by atoms with E-state index in [-0.39, 0.29) is 11.2 Å². The number of thioether (sulfide) groups is 1. The first kappa shape index (κ1) is 18.6. The summed E-state index contributed by atoms with van der Waals surface area (Å²) in [5.41, 5.74) is 0.943. The van der Waals surface area contributed by atoms with Gasteiger partial charge in [-0.2, -0.15) is 0 Å². The maximum Gasteiger partial charge on any atom is 0.244 e. The van der Waals surface area contributed by atoms with Crippen LogP contribution in [0.2, 0.25) is 0 Å². The van der Waals surface area contributed by atoms with Crippen LogP contribution in [0.4, 0.5) is 5.13 Å². The number of hydrogen-bond donors (Lipinski definition) is 1. The number of nitrogens with zero attached hydrogens (tertiary/aromatic N) is 2. The Kier molecular flexibility index (Phi) is 6.76. The molecule has 2 aromatic carbocycles. The van der Waals surface area contributed by atoms with Gasteiger partial charge in [0, 0.05) is 11.5 Å². The lowest BCUT2D eigenvalue weighted by Crippen LogP contribution is -2.18. The second-order valence-corrected chi connectivity index (χ2v) is 7.59. The second-order valence-electron chi connectivity index (χ2n) is 5.35. The minimum Gasteiger partial charge on any atom is -0.374 e. The first-order chi connectivity index (χ1) is 12.8. The van der Waals surface area contributed by atoms with Crippen molar-refractivity contribution in [2.75, 3.05) is 11.9 Å². The summed E-state index contributed by atoms with van der Waals surface area (Å²) in [5.74, 6) is -0.121. The monoisotopic (exact) mass is 385 g/mol. The van der Waals surface area contributed by atoms with E-state index in [1.54, 1.807) is 0 Å². The van der Waals surface area contributed by atoms with Gasteiger partial charge in [-0.05, 0) is 24.6 Å². The molecule has 26 heavy (non-hydrogen) atoms. The first-order valence-electron chi connectivity index (χ1n) is 8.24. The maximum atomic E-state index is 12.9. The van der Waals surface area contributed by atoms with Gasteiger partial charge in [-0.3, -0.25) is 10.1 Å². The fourth-order valence-electron chi connectivity index (χ4n) is 2.26. The molecule has 1 N–H and O–H groups in total. The third-order valence-electron chi connectivity index (χ3n) is 3.46. The summed E-state index contributed by atoms with van der Waals surface area (Å²) in [5, 5.41) is 11.8. The Morgan fingerprint density at radius 3 is 2.50 bits per heavy atom. The lowest BCUT2D eigenvalue weighted by atomic mass is 10.1. The minimum absolute atomic E-state index is 0.121. The molecule has 0 radical (unpaired) electrons. The molecular weight excluding hydrogens is 366 g/mol. The van der Waals surface area contributed by atoms with E-state index in [0.29, 0.717) is 18.3 Å². The smallest absolute Gasteiger partial charge is 0.244 e. The van der Waals surface area contributed by atoms with Gasteiger partial charge in [-0.25, -0.2) is 0 Å². The summed E-state index contributed by atoms with van der Waals surface area (Å²) in [6, 6.07) is 19.6. The second kappa shape index (κ2) is 9.47. The lowest BCUT2D eigenvalue weighted by molar-refractivity contribution is -0.115. The molecule has 0 spiro atoms. The molecule has 0 saturated carbocycles. The third-order valence-corrected chi connectivity index (χ3v) is 5.54. The van der Waals surface area contributed by atoms with Gasteiger partial charge in [0.25, 0.3) is 0 Å². The SMILES string of the molecule is CCOCc1nnc(NC(=O)C(Sc2ccccc2)c2ccccc2)s1. The number of carbonyl (C=O) groups excluding carboxylic acids is 1. The Labute approximate surface area is 160 Å². The van der Waals surface area contributed by atoms with E-state index in [1.807, 2.05) is 67.6 Å². The van der Waals surface area contributed by atoms with E-state index in [0.717, 1.165) is 15.5 Å². The maximum absolute atomic E-state index is 12.9. The molecule has 1 amide bonds. The zero-order chi connectivity index (χ0) is 18.2. The van der Waals surface area contributed by atoms with E-state index >= 15 is 0 Å². The Morgan fingerprint density at radius 1 is 1.12 bits per heavy atom. The lowest BCUT2D eigenvalue weighted by Gasteiger charge is -2.16. The number of benzene rings is 2. The molecule has 7 heteroatoms. The van der Waals surface area contributed by atoms with Crippen LogP contribution in [0.1, 0.15) is 22.7 Å². The van der Waals surface area contributed by atoms with Crippen molar-refractivity contribution in [2.24, 2.45) is 0 Å². The van der Waals surface area contributed by atoms with E-state index in [2.05, 4.69) is 15.5 Å². The molecule has 0 bridgehead atoms. The van der Waals surface area contributed by atoms with Gasteiger partial charge in [0.1, 0.15) is 16.9 Å². The van der Waals surface area contributed by atoms with Crippen molar-refractivity contribution in [1.29, 1.82) is 0 Å². The van der Waals surface area contributed by atoms with Crippen molar-refractivity contribution in [3.63, 3.8) is 0 Å². The Bertz CT molecular complexity index is 825. The van der Waals surface area contributed by atoms with Gasteiger partial charge >= 0.3 is 0 Å². The number of amides is 1. The van der Waals surface area contributed by atoms with Crippen molar-refractivity contribution < 1.29 is 9.53 Å². The average molecular weight is 386 g/mol. The van der Waals surface area contributed by atoms with Crippen LogP contribution >= 0.6 is 23.1 Å². The summed E-state index contributed by atoms with van der Waals surface area (Å²) in [6.45, 7) is 2.95. The normalized spacial score (nSPS) is 11.9. The van der Waals surface area contributed by atoms with Crippen LogP contribution in [0, 0.1) is 0 Å². The van der Waals surface area contributed by atoms with Gasteiger partial charge in [0.05, 0.1) is 0 Å². The van der Waals surface area contributed by atoms with E-state index in [9.17, 15) is 4.79 Å². The van der Waals surface area contributed by atoms with Crippen LogP contribution in [-0.2, 0) is 16.1 Å². The molecular formula is C19H19N3O2S2. The highest BCUT2D eigenvalue weighted by molar-refractivity contribution is 8.00. The van der Waals surface area contributed by atoms with Crippen LogP contribution in [0.25, 0.3) is 0 Å².